The molecule has 1 fully saturated rings. The Morgan fingerprint density at radius 1 is 1.48 bits per heavy atom. The van der Waals surface area contributed by atoms with E-state index in [1.165, 1.54) is 0 Å². The van der Waals surface area contributed by atoms with Crippen molar-refractivity contribution < 1.29 is 9.13 Å². The number of aryl methyl sites for hydroxylation is 2. The highest BCUT2D eigenvalue weighted by Crippen LogP contribution is 2.26. The Morgan fingerprint density at radius 3 is 3.05 bits per heavy atom. The lowest BCUT2D eigenvalue weighted by atomic mass is 10.1. The normalized spacial score (nSPS) is 18.7. The molecule has 6 heteroatoms. The van der Waals surface area contributed by atoms with Crippen molar-refractivity contribution in [2.75, 3.05) is 19.1 Å². The largest absolute Gasteiger partial charge is 0.381 e. The van der Waals surface area contributed by atoms with E-state index in [0.717, 1.165) is 49.5 Å². The molecule has 3 rings (SSSR count). The number of rotatable bonds is 5. The molecular formula is C15H17BrClFN2O. The smallest absolute Gasteiger partial charge is 0.139 e. The number of fused-ring (bicyclic) bond motifs is 1. The van der Waals surface area contributed by atoms with E-state index in [4.69, 9.17) is 16.3 Å². The number of ether oxygens (including phenoxy) is 1. The highest BCUT2D eigenvalue weighted by Gasteiger charge is 2.18. The summed E-state index contributed by atoms with van der Waals surface area (Å²) in [6.07, 6.45) is 2.83. The molecular weight excluding hydrogens is 359 g/mol. The van der Waals surface area contributed by atoms with Crippen LogP contribution in [-0.4, -0.2) is 28.6 Å². The molecule has 114 valence electrons. The highest BCUT2D eigenvalue weighted by molar-refractivity contribution is 9.10. The van der Waals surface area contributed by atoms with Gasteiger partial charge in [0, 0.05) is 38.1 Å². The SMILES string of the molecule is Fc1cc2c(cc1Br)nc(CCCl)n2CCC1CCOC1. The average molecular weight is 376 g/mol. The van der Waals surface area contributed by atoms with Gasteiger partial charge >= 0.3 is 0 Å². The van der Waals surface area contributed by atoms with E-state index in [0.29, 0.717) is 22.7 Å². The number of nitrogens with zero attached hydrogens (tertiary/aromatic N) is 2. The van der Waals surface area contributed by atoms with Gasteiger partial charge in [0.15, 0.2) is 0 Å². The Kier molecular flexibility index (Phi) is 4.82. The zero-order chi connectivity index (χ0) is 14.8. The van der Waals surface area contributed by atoms with Gasteiger partial charge in [-0.05, 0) is 40.8 Å². The van der Waals surface area contributed by atoms with Crippen molar-refractivity contribution in [1.29, 1.82) is 0 Å². The summed E-state index contributed by atoms with van der Waals surface area (Å²) in [5.41, 5.74) is 1.65. The molecule has 0 radical (unpaired) electrons. The van der Waals surface area contributed by atoms with Crippen molar-refractivity contribution in [1.82, 2.24) is 9.55 Å². The third-order valence-electron chi connectivity index (χ3n) is 3.97. The molecule has 0 amide bonds. The molecule has 1 aromatic heterocycles. The minimum Gasteiger partial charge on any atom is -0.381 e. The molecule has 1 aliphatic heterocycles. The molecule has 2 aromatic rings. The Bertz CT molecular complexity index is 640. The number of alkyl halides is 1. The first kappa shape index (κ1) is 15.3. The van der Waals surface area contributed by atoms with E-state index >= 15 is 0 Å². The van der Waals surface area contributed by atoms with Crippen LogP contribution < -0.4 is 0 Å². The topological polar surface area (TPSA) is 27.1 Å². The Labute approximate surface area is 136 Å². The third kappa shape index (κ3) is 3.25. The molecule has 1 saturated heterocycles. The molecule has 1 atom stereocenters. The summed E-state index contributed by atoms with van der Waals surface area (Å²) in [6.45, 7) is 2.51. The number of aromatic nitrogens is 2. The minimum atomic E-state index is -0.259. The molecule has 0 N–H and O–H groups in total. The Morgan fingerprint density at radius 2 is 2.33 bits per heavy atom. The van der Waals surface area contributed by atoms with Crippen LogP contribution in [0.15, 0.2) is 16.6 Å². The van der Waals surface area contributed by atoms with Gasteiger partial charge in [-0.25, -0.2) is 9.37 Å². The van der Waals surface area contributed by atoms with E-state index in [1.54, 1.807) is 12.1 Å². The maximum absolute atomic E-state index is 13.8. The van der Waals surface area contributed by atoms with Crippen molar-refractivity contribution in [2.24, 2.45) is 5.92 Å². The summed E-state index contributed by atoms with van der Waals surface area (Å²) >= 11 is 9.08. The van der Waals surface area contributed by atoms with Crippen LogP contribution in [0, 0.1) is 11.7 Å². The van der Waals surface area contributed by atoms with Crippen LogP contribution in [0.5, 0.6) is 0 Å². The molecule has 1 aromatic carbocycles. The first-order valence-electron chi connectivity index (χ1n) is 7.17. The van der Waals surface area contributed by atoms with Crippen LogP contribution in [0.1, 0.15) is 18.7 Å². The monoisotopic (exact) mass is 374 g/mol. The Hall–Kier alpha value is -0.650. The summed E-state index contributed by atoms with van der Waals surface area (Å²) in [4.78, 5) is 4.60. The van der Waals surface area contributed by atoms with Crippen LogP contribution in [0.25, 0.3) is 11.0 Å². The molecule has 0 aliphatic carbocycles. The lowest BCUT2D eigenvalue weighted by molar-refractivity contribution is 0.183. The van der Waals surface area contributed by atoms with Gasteiger partial charge in [-0.3, -0.25) is 0 Å². The molecule has 1 aliphatic rings. The first-order chi connectivity index (χ1) is 10.2. The fourth-order valence-electron chi connectivity index (χ4n) is 2.82. The lowest BCUT2D eigenvalue weighted by Gasteiger charge is -2.12. The first-order valence-corrected chi connectivity index (χ1v) is 8.49. The highest BCUT2D eigenvalue weighted by atomic mass is 79.9. The van der Waals surface area contributed by atoms with Gasteiger partial charge in [0.05, 0.1) is 15.5 Å². The summed E-state index contributed by atoms with van der Waals surface area (Å²) in [5, 5.41) is 0. The predicted octanol–water partition coefficient (Wildman–Crippen LogP) is 4.15. The van der Waals surface area contributed by atoms with Crippen molar-refractivity contribution in [3.05, 3.63) is 28.2 Å². The lowest BCUT2D eigenvalue weighted by Crippen LogP contribution is -2.09. The van der Waals surface area contributed by atoms with Gasteiger partial charge in [0.1, 0.15) is 11.6 Å². The zero-order valence-corrected chi connectivity index (χ0v) is 14.0. The quantitative estimate of drug-likeness (QED) is 0.734. The fourth-order valence-corrected chi connectivity index (χ4v) is 3.32. The second kappa shape index (κ2) is 6.63. The molecule has 0 saturated carbocycles. The van der Waals surface area contributed by atoms with Crippen molar-refractivity contribution in [3.63, 3.8) is 0 Å². The number of hydrogen-bond acceptors (Lipinski definition) is 2. The molecule has 3 nitrogen and oxygen atoms in total. The van der Waals surface area contributed by atoms with E-state index in [9.17, 15) is 4.39 Å². The number of imidazole rings is 1. The summed E-state index contributed by atoms with van der Waals surface area (Å²) in [6, 6.07) is 3.28. The van der Waals surface area contributed by atoms with E-state index in [1.807, 2.05) is 0 Å². The van der Waals surface area contributed by atoms with E-state index < -0.39 is 0 Å². The third-order valence-corrected chi connectivity index (χ3v) is 4.77. The summed E-state index contributed by atoms with van der Waals surface area (Å²) in [5.74, 6) is 1.77. The number of hydrogen-bond donors (Lipinski definition) is 0. The average Bonchev–Trinajstić information content (AvgIpc) is 3.06. The Balaban J connectivity index is 1.92. The van der Waals surface area contributed by atoms with Crippen LogP contribution in [0.2, 0.25) is 0 Å². The molecule has 1 unspecified atom stereocenters. The van der Waals surface area contributed by atoms with Gasteiger partial charge in [-0.2, -0.15) is 0 Å². The van der Waals surface area contributed by atoms with Gasteiger partial charge in [0.2, 0.25) is 0 Å². The van der Waals surface area contributed by atoms with Gasteiger partial charge < -0.3 is 9.30 Å². The van der Waals surface area contributed by atoms with Crippen LogP contribution >= 0.6 is 27.5 Å². The molecule has 2 heterocycles. The minimum absolute atomic E-state index is 0.259. The van der Waals surface area contributed by atoms with E-state index in [2.05, 4.69) is 25.5 Å². The van der Waals surface area contributed by atoms with Crippen LogP contribution in [0.3, 0.4) is 0 Å². The summed E-state index contributed by atoms with van der Waals surface area (Å²) in [7, 11) is 0. The maximum Gasteiger partial charge on any atom is 0.139 e. The summed E-state index contributed by atoms with van der Waals surface area (Å²) < 4.78 is 21.8. The van der Waals surface area contributed by atoms with Gasteiger partial charge in [-0.1, -0.05) is 0 Å². The van der Waals surface area contributed by atoms with Gasteiger partial charge in [-0.15, -0.1) is 11.6 Å². The van der Waals surface area contributed by atoms with Crippen molar-refractivity contribution in [2.45, 2.75) is 25.8 Å². The molecule has 0 bridgehead atoms. The van der Waals surface area contributed by atoms with Crippen LogP contribution in [-0.2, 0) is 17.7 Å². The standard InChI is InChI=1S/C15H17BrClFN2O/c16-11-7-13-14(8-12(11)18)20(15(19-13)1-4-17)5-2-10-3-6-21-9-10/h7-8,10H,1-6,9H2. The maximum atomic E-state index is 13.8. The van der Waals surface area contributed by atoms with Crippen LogP contribution in [0.4, 0.5) is 4.39 Å². The molecule has 21 heavy (non-hydrogen) atoms. The van der Waals surface area contributed by atoms with Gasteiger partial charge in [0.25, 0.3) is 0 Å². The predicted molar refractivity (Wildman–Crippen MR) is 85.4 cm³/mol. The second-order valence-electron chi connectivity index (χ2n) is 5.39. The fraction of sp³-hybridized carbons (Fsp3) is 0.533. The number of halogens is 3. The molecule has 0 spiro atoms. The van der Waals surface area contributed by atoms with E-state index in [-0.39, 0.29) is 5.82 Å². The van der Waals surface area contributed by atoms with Crippen molar-refractivity contribution in [3.8, 4) is 0 Å². The zero-order valence-electron chi connectivity index (χ0n) is 11.6. The number of benzene rings is 1. The van der Waals surface area contributed by atoms with Crippen molar-refractivity contribution >= 4 is 38.6 Å². The second-order valence-corrected chi connectivity index (χ2v) is 6.62.